The van der Waals surface area contributed by atoms with Gasteiger partial charge in [0.2, 0.25) is 5.91 Å². The molecule has 2 rings (SSSR count). The van der Waals surface area contributed by atoms with Crippen LogP contribution in [0, 0.1) is 5.82 Å². The summed E-state index contributed by atoms with van der Waals surface area (Å²) in [6.45, 7) is 1.33. The second-order valence-corrected chi connectivity index (χ2v) is 5.99. The fraction of sp³-hybridized carbons (Fsp3) is 0.429. The summed E-state index contributed by atoms with van der Waals surface area (Å²) in [5, 5.41) is 3.09. The van der Waals surface area contributed by atoms with Crippen molar-refractivity contribution in [2.45, 2.75) is 6.04 Å². The average molecular weight is 358 g/mol. The van der Waals surface area contributed by atoms with Crippen molar-refractivity contribution in [3.8, 4) is 0 Å². The molecule has 0 aromatic heterocycles. The van der Waals surface area contributed by atoms with Gasteiger partial charge in [0.1, 0.15) is 11.9 Å². The number of benzene rings is 1. The highest BCUT2D eigenvalue weighted by atomic mass is 79.9. The van der Waals surface area contributed by atoms with Crippen LogP contribution in [0.1, 0.15) is 10.4 Å². The maximum atomic E-state index is 14.0. The fourth-order valence-electron chi connectivity index (χ4n) is 2.28. The Morgan fingerprint density at radius 2 is 2.14 bits per heavy atom. The van der Waals surface area contributed by atoms with Crippen LogP contribution in [0.25, 0.3) is 0 Å². The Kier molecular flexibility index (Phi) is 4.95. The molecule has 1 N–H and O–H groups in total. The van der Waals surface area contributed by atoms with E-state index < -0.39 is 17.8 Å². The number of nitrogens with one attached hydrogen (secondary N) is 1. The first-order chi connectivity index (χ1) is 9.91. The number of hydrogen-bond donors (Lipinski definition) is 1. The van der Waals surface area contributed by atoms with E-state index in [2.05, 4.69) is 21.2 Å². The fourth-order valence-corrected chi connectivity index (χ4v) is 2.62. The standard InChI is InChI=1S/C14H17BrFN3O2/c1-18(2)14(21)12-8-17-5-6-19(12)13(20)10-4-3-9(15)7-11(10)16/h3-4,7,12,17H,5-6,8H2,1-2H3. The van der Waals surface area contributed by atoms with Crippen molar-refractivity contribution in [1.82, 2.24) is 15.1 Å². The van der Waals surface area contributed by atoms with Crippen LogP contribution in [0.2, 0.25) is 0 Å². The number of carbonyl (C=O) groups excluding carboxylic acids is 2. The minimum atomic E-state index is -0.607. The Labute approximate surface area is 131 Å². The third-order valence-corrected chi connectivity index (χ3v) is 3.88. The molecule has 1 aromatic rings. The zero-order chi connectivity index (χ0) is 15.6. The van der Waals surface area contributed by atoms with Crippen LogP contribution in [0.5, 0.6) is 0 Å². The van der Waals surface area contributed by atoms with Gasteiger partial charge in [-0.25, -0.2) is 4.39 Å². The molecule has 1 saturated heterocycles. The van der Waals surface area contributed by atoms with E-state index in [9.17, 15) is 14.0 Å². The SMILES string of the molecule is CN(C)C(=O)C1CNCCN1C(=O)c1ccc(Br)cc1F. The van der Waals surface area contributed by atoms with E-state index in [4.69, 9.17) is 0 Å². The molecule has 21 heavy (non-hydrogen) atoms. The van der Waals surface area contributed by atoms with E-state index in [0.717, 1.165) is 0 Å². The summed E-state index contributed by atoms with van der Waals surface area (Å²) in [5.74, 6) is -1.22. The van der Waals surface area contributed by atoms with E-state index in [0.29, 0.717) is 24.1 Å². The lowest BCUT2D eigenvalue weighted by molar-refractivity contribution is -0.134. The molecule has 5 nitrogen and oxygen atoms in total. The number of carbonyl (C=O) groups is 2. The number of halogens is 2. The molecule has 2 amide bonds. The molecule has 0 saturated carbocycles. The Morgan fingerprint density at radius 1 is 1.43 bits per heavy atom. The van der Waals surface area contributed by atoms with Crippen molar-refractivity contribution >= 4 is 27.7 Å². The molecule has 114 valence electrons. The molecule has 0 spiro atoms. The van der Waals surface area contributed by atoms with Crippen LogP contribution >= 0.6 is 15.9 Å². The van der Waals surface area contributed by atoms with Crippen LogP contribution in [-0.2, 0) is 4.79 Å². The first-order valence-electron chi connectivity index (χ1n) is 6.59. The third kappa shape index (κ3) is 3.41. The highest BCUT2D eigenvalue weighted by molar-refractivity contribution is 9.10. The molecular formula is C14H17BrFN3O2. The lowest BCUT2D eigenvalue weighted by Gasteiger charge is -2.36. The van der Waals surface area contributed by atoms with Gasteiger partial charge in [0.15, 0.2) is 0 Å². The van der Waals surface area contributed by atoms with Gasteiger partial charge in [-0.05, 0) is 18.2 Å². The maximum Gasteiger partial charge on any atom is 0.257 e. The summed E-state index contributed by atoms with van der Waals surface area (Å²) >= 11 is 3.16. The second-order valence-electron chi connectivity index (χ2n) is 5.08. The quantitative estimate of drug-likeness (QED) is 0.861. The van der Waals surface area contributed by atoms with Crippen molar-refractivity contribution in [3.63, 3.8) is 0 Å². The van der Waals surface area contributed by atoms with Crippen molar-refractivity contribution in [2.24, 2.45) is 0 Å². The van der Waals surface area contributed by atoms with Gasteiger partial charge in [-0.1, -0.05) is 15.9 Å². The lowest BCUT2D eigenvalue weighted by atomic mass is 10.1. The van der Waals surface area contributed by atoms with E-state index in [1.807, 2.05) is 0 Å². The molecule has 1 unspecified atom stereocenters. The largest absolute Gasteiger partial charge is 0.347 e. The third-order valence-electron chi connectivity index (χ3n) is 3.39. The Balaban J connectivity index is 2.28. The topological polar surface area (TPSA) is 52.7 Å². The van der Waals surface area contributed by atoms with Gasteiger partial charge in [-0.3, -0.25) is 9.59 Å². The van der Waals surface area contributed by atoms with Gasteiger partial charge in [0.05, 0.1) is 5.56 Å². The molecule has 1 aliphatic rings. The number of likely N-dealkylation sites (N-methyl/N-ethyl adjacent to an activating group) is 1. The minimum Gasteiger partial charge on any atom is -0.347 e. The van der Waals surface area contributed by atoms with E-state index in [1.165, 1.54) is 21.9 Å². The summed E-state index contributed by atoms with van der Waals surface area (Å²) in [4.78, 5) is 27.6. The number of amides is 2. The van der Waals surface area contributed by atoms with Crippen LogP contribution in [0.3, 0.4) is 0 Å². The molecular weight excluding hydrogens is 341 g/mol. The number of rotatable bonds is 2. The maximum absolute atomic E-state index is 14.0. The first kappa shape index (κ1) is 15.9. The Hall–Kier alpha value is -1.47. The van der Waals surface area contributed by atoms with Gasteiger partial charge < -0.3 is 15.1 Å². The molecule has 1 heterocycles. The number of hydrogen-bond acceptors (Lipinski definition) is 3. The van der Waals surface area contributed by atoms with Gasteiger partial charge in [0, 0.05) is 38.2 Å². The first-order valence-corrected chi connectivity index (χ1v) is 7.39. The van der Waals surface area contributed by atoms with Gasteiger partial charge in [0.25, 0.3) is 5.91 Å². The highest BCUT2D eigenvalue weighted by Gasteiger charge is 2.34. The molecule has 0 bridgehead atoms. The van der Waals surface area contributed by atoms with Crippen LogP contribution in [0.15, 0.2) is 22.7 Å². The zero-order valence-electron chi connectivity index (χ0n) is 11.9. The summed E-state index contributed by atoms with van der Waals surface area (Å²) in [7, 11) is 3.28. The molecule has 0 radical (unpaired) electrons. The molecule has 7 heteroatoms. The predicted octanol–water partition coefficient (Wildman–Crippen LogP) is 1.09. The average Bonchev–Trinajstić information content (AvgIpc) is 2.45. The van der Waals surface area contributed by atoms with Crippen molar-refractivity contribution in [3.05, 3.63) is 34.1 Å². The van der Waals surface area contributed by atoms with Gasteiger partial charge >= 0.3 is 0 Å². The van der Waals surface area contributed by atoms with Gasteiger partial charge in [-0.2, -0.15) is 0 Å². The summed E-state index contributed by atoms with van der Waals surface area (Å²) in [5.41, 5.74) is -0.0170. The predicted molar refractivity (Wildman–Crippen MR) is 80.5 cm³/mol. The van der Waals surface area contributed by atoms with Crippen LogP contribution in [0.4, 0.5) is 4.39 Å². The normalized spacial score (nSPS) is 18.5. The lowest BCUT2D eigenvalue weighted by Crippen LogP contribution is -2.59. The van der Waals surface area contributed by atoms with Crippen molar-refractivity contribution < 1.29 is 14.0 Å². The van der Waals surface area contributed by atoms with Crippen molar-refractivity contribution in [1.29, 1.82) is 0 Å². The molecule has 1 fully saturated rings. The highest BCUT2D eigenvalue weighted by Crippen LogP contribution is 2.19. The van der Waals surface area contributed by atoms with Crippen LogP contribution in [-0.4, -0.2) is 61.4 Å². The molecule has 1 aliphatic heterocycles. The smallest absolute Gasteiger partial charge is 0.257 e. The van der Waals surface area contributed by atoms with Crippen LogP contribution < -0.4 is 5.32 Å². The van der Waals surface area contributed by atoms with E-state index in [1.54, 1.807) is 20.2 Å². The number of nitrogens with zero attached hydrogens (tertiary/aromatic N) is 2. The van der Waals surface area contributed by atoms with E-state index in [-0.39, 0.29) is 11.5 Å². The summed E-state index contributed by atoms with van der Waals surface area (Å²) < 4.78 is 14.5. The van der Waals surface area contributed by atoms with E-state index >= 15 is 0 Å². The summed E-state index contributed by atoms with van der Waals surface area (Å²) in [6.07, 6.45) is 0. The second kappa shape index (κ2) is 6.53. The molecule has 1 atom stereocenters. The molecule has 1 aromatic carbocycles. The van der Waals surface area contributed by atoms with Gasteiger partial charge in [-0.15, -0.1) is 0 Å². The molecule has 0 aliphatic carbocycles. The van der Waals surface area contributed by atoms with Crippen molar-refractivity contribution in [2.75, 3.05) is 33.7 Å². The monoisotopic (exact) mass is 357 g/mol. The minimum absolute atomic E-state index is 0.0170. The zero-order valence-corrected chi connectivity index (χ0v) is 13.5. The summed E-state index contributed by atoms with van der Waals surface area (Å²) in [6, 6.07) is 3.68. The Bertz CT molecular complexity index is 565. The number of piperazine rings is 1. The Morgan fingerprint density at radius 3 is 2.76 bits per heavy atom.